The minimum Gasteiger partial charge on any atom is -0.496 e. The van der Waals surface area contributed by atoms with Crippen LogP contribution in [0.15, 0.2) is 48.9 Å². The van der Waals surface area contributed by atoms with E-state index in [0.717, 1.165) is 5.69 Å². The van der Waals surface area contributed by atoms with Crippen LogP contribution in [0, 0.1) is 5.82 Å². The fourth-order valence-electron chi connectivity index (χ4n) is 4.58. The summed E-state index contributed by atoms with van der Waals surface area (Å²) < 4.78 is 42.4. The molecule has 1 aliphatic rings. The van der Waals surface area contributed by atoms with E-state index in [4.69, 9.17) is 14.3 Å². The lowest BCUT2D eigenvalue weighted by molar-refractivity contribution is 0.272. The first-order valence-electron chi connectivity index (χ1n) is 13.0. The molecule has 8 nitrogen and oxygen atoms in total. The van der Waals surface area contributed by atoms with Gasteiger partial charge in [-0.3, -0.25) is 0 Å². The van der Waals surface area contributed by atoms with Gasteiger partial charge in [0.1, 0.15) is 35.6 Å². The molecule has 5 rings (SSSR count). The highest BCUT2D eigenvalue weighted by Gasteiger charge is 2.38. The molecule has 4 heterocycles. The van der Waals surface area contributed by atoms with Gasteiger partial charge < -0.3 is 14.1 Å². The lowest BCUT2D eigenvalue weighted by Crippen LogP contribution is -2.40. The van der Waals surface area contributed by atoms with Crippen LogP contribution in [0.1, 0.15) is 44.5 Å². The number of ether oxygens (including phenoxy) is 1. The smallest absolute Gasteiger partial charge is 0.192 e. The van der Waals surface area contributed by atoms with Gasteiger partial charge in [0.25, 0.3) is 0 Å². The Hall–Kier alpha value is -3.44. The Balaban J connectivity index is 1.47. The summed E-state index contributed by atoms with van der Waals surface area (Å²) in [6, 6.07) is 9.41. The number of fused-ring (bicyclic) bond motifs is 1. The number of alkyl halides is 1. The summed E-state index contributed by atoms with van der Waals surface area (Å²) >= 11 is 0. The molecule has 206 valence electrons. The molecule has 0 amide bonds. The quantitative estimate of drug-likeness (QED) is 0.255. The SMILES string of the molecule is COc1ccc(F)cc1[C@H]1C[C@H](F)CN1c1ccc2ncc(-c3cc(CO[Si](C)(C)C(C)(C)C)ncn3)n2n1. The maximum Gasteiger partial charge on any atom is 0.192 e. The molecule has 0 spiro atoms. The van der Waals surface area contributed by atoms with E-state index in [1.54, 1.807) is 22.8 Å². The van der Waals surface area contributed by atoms with E-state index in [-0.39, 0.29) is 18.0 Å². The summed E-state index contributed by atoms with van der Waals surface area (Å²) in [5, 5.41) is 4.91. The van der Waals surface area contributed by atoms with Gasteiger partial charge in [-0.1, -0.05) is 20.8 Å². The zero-order valence-corrected chi connectivity index (χ0v) is 24.2. The lowest BCUT2D eigenvalue weighted by Gasteiger charge is -2.36. The summed E-state index contributed by atoms with van der Waals surface area (Å²) in [5.41, 5.74) is 3.33. The molecule has 1 aromatic carbocycles. The van der Waals surface area contributed by atoms with E-state index in [9.17, 15) is 8.78 Å². The van der Waals surface area contributed by atoms with Crippen LogP contribution in [-0.2, 0) is 11.0 Å². The Morgan fingerprint density at radius 3 is 2.62 bits per heavy atom. The average Bonchev–Trinajstić information content (AvgIpc) is 3.50. The van der Waals surface area contributed by atoms with Gasteiger partial charge in [0.15, 0.2) is 14.0 Å². The minimum absolute atomic E-state index is 0.0897. The molecule has 0 bridgehead atoms. The third kappa shape index (κ3) is 5.37. The van der Waals surface area contributed by atoms with Gasteiger partial charge in [-0.25, -0.2) is 28.2 Å². The third-order valence-corrected chi connectivity index (χ3v) is 12.3. The van der Waals surface area contributed by atoms with Crippen LogP contribution in [0.4, 0.5) is 14.6 Å². The summed E-state index contributed by atoms with van der Waals surface area (Å²) in [5.74, 6) is 0.664. The Kier molecular flexibility index (Phi) is 7.15. The molecule has 39 heavy (non-hydrogen) atoms. The van der Waals surface area contributed by atoms with Crippen molar-refractivity contribution in [2.75, 3.05) is 18.6 Å². The van der Waals surface area contributed by atoms with Crippen LogP contribution in [0.25, 0.3) is 17.0 Å². The van der Waals surface area contributed by atoms with E-state index in [2.05, 4.69) is 48.8 Å². The number of aromatic nitrogens is 5. The number of hydrogen-bond acceptors (Lipinski definition) is 7. The van der Waals surface area contributed by atoms with Crippen molar-refractivity contribution in [1.82, 2.24) is 24.6 Å². The van der Waals surface area contributed by atoms with Crippen molar-refractivity contribution >= 4 is 19.8 Å². The Labute approximate surface area is 228 Å². The topological polar surface area (TPSA) is 77.7 Å². The highest BCUT2D eigenvalue weighted by molar-refractivity contribution is 6.74. The van der Waals surface area contributed by atoms with Gasteiger partial charge in [-0.2, -0.15) is 0 Å². The molecule has 0 unspecified atom stereocenters. The maximum absolute atomic E-state index is 14.8. The van der Waals surface area contributed by atoms with Gasteiger partial charge in [0, 0.05) is 12.0 Å². The second-order valence-corrected chi connectivity index (χ2v) is 16.2. The van der Waals surface area contributed by atoms with Crippen molar-refractivity contribution in [3.05, 3.63) is 66.0 Å². The van der Waals surface area contributed by atoms with Crippen LogP contribution < -0.4 is 9.64 Å². The van der Waals surface area contributed by atoms with E-state index < -0.39 is 26.3 Å². The highest BCUT2D eigenvalue weighted by atomic mass is 28.4. The van der Waals surface area contributed by atoms with Crippen LogP contribution in [-0.4, -0.2) is 52.7 Å². The van der Waals surface area contributed by atoms with Crippen LogP contribution in [0.3, 0.4) is 0 Å². The number of anilines is 1. The molecule has 0 saturated carbocycles. The molecule has 0 radical (unpaired) electrons. The Bertz CT molecular complexity index is 1490. The molecule has 3 aromatic heterocycles. The molecule has 2 atom stereocenters. The zero-order valence-electron chi connectivity index (χ0n) is 23.2. The number of nitrogens with zero attached hydrogens (tertiary/aromatic N) is 6. The number of rotatable bonds is 7. The summed E-state index contributed by atoms with van der Waals surface area (Å²) in [6.45, 7) is 11.5. The summed E-state index contributed by atoms with van der Waals surface area (Å²) in [6.07, 6.45) is 2.35. The van der Waals surface area contributed by atoms with Crippen molar-refractivity contribution in [2.45, 2.75) is 64.1 Å². The van der Waals surface area contributed by atoms with Crippen LogP contribution in [0.2, 0.25) is 18.1 Å². The monoisotopic (exact) mass is 552 g/mol. The molecule has 1 aliphatic heterocycles. The number of methoxy groups -OCH3 is 1. The third-order valence-electron chi connectivity index (χ3n) is 7.82. The standard InChI is InChI=1S/C28H34F2N6O2Si/c1-28(2,3)39(5,6)38-16-20-13-22(33-17-32-20)24-14-31-26-9-10-27(34-36(24)26)35-15-19(30)12-23(35)21-11-18(29)7-8-25(21)37-4/h7-11,13-14,17,19,23H,12,15-16H2,1-6H3/t19-,23+/m0/s1. The average molecular weight is 553 g/mol. The first-order chi connectivity index (χ1) is 18.5. The highest BCUT2D eigenvalue weighted by Crippen LogP contribution is 2.41. The second-order valence-electron chi connectivity index (χ2n) is 11.4. The van der Waals surface area contributed by atoms with E-state index >= 15 is 0 Å². The largest absolute Gasteiger partial charge is 0.496 e. The minimum atomic E-state index is -1.95. The number of benzene rings is 1. The van der Waals surface area contributed by atoms with Gasteiger partial charge in [-0.15, -0.1) is 5.10 Å². The predicted molar refractivity (Wildman–Crippen MR) is 149 cm³/mol. The van der Waals surface area contributed by atoms with E-state index in [1.165, 1.54) is 25.6 Å². The summed E-state index contributed by atoms with van der Waals surface area (Å²) in [4.78, 5) is 15.2. The van der Waals surface area contributed by atoms with Crippen LogP contribution in [0.5, 0.6) is 5.75 Å². The lowest BCUT2D eigenvalue weighted by atomic mass is 10.0. The van der Waals surface area contributed by atoms with Crippen molar-refractivity contribution < 1.29 is 17.9 Å². The molecular weight excluding hydrogens is 518 g/mol. The number of imidazole rings is 1. The first kappa shape index (κ1) is 27.1. The molecule has 1 fully saturated rings. The van der Waals surface area contributed by atoms with Crippen molar-refractivity contribution in [1.29, 1.82) is 0 Å². The van der Waals surface area contributed by atoms with Crippen LogP contribution >= 0.6 is 0 Å². The van der Waals surface area contributed by atoms with Gasteiger partial charge >= 0.3 is 0 Å². The Morgan fingerprint density at radius 1 is 1.08 bits per heavy atom. The Morgan fingerprint density at radius 2 is 1.87 bits per heavy atom. The van der Waals surface area contributed by atoms with E-state index in [1.807, 2.05) is 17.0 Å². The van der Waals surface area contributed by atoms with Gasteiger partial charge in [0.2, 0.25) is 0 Å². The number of halogens is 2. The molecule has 0 N–H and O–H groups in total. The second kappa shape index (κ2) is 10.3. The number of hydrogen-bond donors (Lipinski definition) is 0. The summed E-state index contributed by atoms with van der Waals surface area (Å²) in [7, 11) is -0.421. The first-order valence-corrected chi connectivity index (χ1v) is 15.9. The molecule has 0 aliphatic carbocycles. The maximum atomic E-state index is 14.8. The molecule has 11 heteroatoms. The zero-order chi connectivity index (χ0) is 27.9. The van der Waals surface area contributed by atoms with Crippen molar-refractivity contribution in [2.24, 2.45) is 0 Å². The van der Waals surface area contributed by atoms with Gasteiger partial charge in [-0.05, 0) is 54.5 Å². The molecule has 4 aromatic rings. The predicted octanol–water partition coefficient (Wildman–Crippen LogP) is 6.15. The fraction of sp³-hybridized carbons (Fsp3) is 0.429. The van der Waals surface area contributed by atoms with Crippen molar-refractivity contribution in [3.63, 3.8) is 0 Å². The van der Waals surface area contributed by atoms with E-state index in [0.29, 0.717) is 40.8 Å². The fourth-order valence-corrected chi connectivity index (χ4v) is 5.52. The normalized spacial score (nSPS) is 18.2. The van der Waals surface area contributed by atoms with Gasteiger partial charge in [0.05, 0.1) is 43.9 Å². The molecular formula is C28H34F2N6O2Si. The van der Waals surface area contributed by atoms with Crippen molar-refractivity contribution in [3.8, 4) is 17.1 Å². The molecule has 1 saturated heterocycles.